The molecule has 2 N–H and O–H groups in total. The molecule has 0 aliphatic carbocycles. The average Bonchev–Trinajstić information content (AvgIpc) is 2.24. The van der Waals surface area contributed by atoms with Gasteiger partial charge in [0.1, 0.15) is 10.7 Å². The van der Waals surface area contributed by atoms with Crippen molar-refractivity contribution in [3.05, 3.63) is 28.5 Å². The first-order chi connectivity index (χ1) is 7.54. The van der Waals surface area contributed by atoms with Gasteiger partial charge in [0, 0.05) is 24.4 Å². The van der Waals surface area contributed by atoms with Crippen LogP contribution in [-0.4, -0.2) is 28.5 Å². The SMILES string of the molecule is CC(=O)N[C@@H](CS)C(=O)c1cc[nH]c(=S)c1. The zero-order valence-corrected chi connectivity index (χ0v) is 10.4. The molecule has 4 nitrogen and oxygen atoms in total. The summed E-state index contributed by atoms with van der Waals surface area (Å²) in [5.74, 6) is -0.192. The molecule has 1 atom stereocenters. The van der Waals surface area contributed by atoms with Crippen molar-refractivity contribution in [1.82, 2.24) is 10.3 Å². The molecule has 0 saturated carbocycles. The number of Topliss-reactive ketones (excluding diaryl/α,β-unsaturated/α-hetero) is 1. The fourth-order valence-corrected chi connectivity index (χ4v) is 1.69. The summed E-state index contributed by atoms with van der Waals surface area (Å²) in [5.41, 5.74) is 0.469. The molecule has 0 aliphatic heterocycles. The Morgan fingerprint density at radius 1 is 1.62 bits per heavy atom. The summed E-state index contributed by atoms with van der Waals surface area (Å²) < 4.78 is 0.478. The van der Waals surface area contributed by atoms with E-state index in [1.165, 1.54) is 6.92 Å². The van der Waals surface area contributed by atoms with Crippen molar-refractivity contribution in [3.63, 3.8) is 0 Å². The van der Waals surface area contributed by atoms with Gasteiger partial charge in [-0.2, -0.15) is 12.6 Å². The number of aromatic nitrogens is 1. The highest BCUT2D eigenvalue weighted by Gasteiger charge is 2.19. The lowest BCUT2D eigenvalue weighted by atomic mass is 10.1. The van der Waals surface area contributed by atoms with Crippen molar-refractivity contribution in [2.24, 2.45) is 0 Å². The standard InChI is InChI=1S/C10H12N2O2S2/c1-6(13)12-8(5-15)10(14)7-2-3-11-9(16)4-7/h2-4,8,15H,5H2,1H3,(H,11,16)(H,12,13)/t8-/m0/s1. The van der Waals surface area contributed by atoms with Crippen LogP contribution in [-0.2, 0) is 4.79 Å². The van der Waals surface area contributed by atoms with Gasteiger partial charge in [0.2, 0.25) is 5.91 Å². The summed E-state index contributed by atoms with van der Waals surface area (Å²) in [6.45, 7) is 1.36. The van der Waals surface area contributed by atoms with E-state index in [4.69, 9.17) is 12.2 Å². The molecule has 6 heteroatoms. The Labute approximate surface area is 104 Å². The van der Waals surface area contributed by atoms with Gasteiger partial charge in [-0.05, 0) is 12.1 Å². The molecular formula is C10H12N2O2S2. The van der Waals surface area contributed by atoms with E-state index < -0.39 is 6.04 Å². The molecule has 0 aromatic carbocycles. The predicted octanol–water partition coefficient (Wildman–Crippen LogP) is 1.36. The molecule has 0 fully saturated rings. The van der Waals surface area contributed by atoms with E-state index in [0.717, 1.165) is 0 Å². The zero-order valence-electron chi connectivity index (χ0n) is 8.69. The maximum absolute atomic E-state index is 11.9. The average molecular weight is 256 g/mol. The van der Waals surface area contributed by atoms with Gasteiger partial charge >= 0.3 is 0 Å². The number of aromatic amines is 1. The van der Waals surface area contributed by atoms with Gasteiger partial charge in [0.25, 0.3) is 0 Å². The minimum Gasteiger partial charge on any atom is -0.353 e. The lowest BCUT2D eigenvalue weighted by Gasteiger charge is -2.13. The maximum Gasteiger partial charge on any atom is 0.217 e. The maximum atomic E-state index is 11.9. The fraction of sp³-hybridized carbons (Fsp3) is 0.300. The van der Waals surface area contributed by atoms with Crippen LogP contribution >= 0.6 is 24.8 Å². The third-order valence-electron chi connectivity index (χ3n) is 1.94. The van der Waals surface area contributed by atoms with Crippen LogP contribution in [0.1, 0.15) is 17.3 Å². The number of pyridine rings is 1. The van der Waals surface area contributed by atoms with Crippen LogP contribution in [0, 0.1) is 4.64 Å². The van der Waals surface area contributed by atoms with E-state index in [1.807, 2.05) is 0 Å². The number of ketones is 1. The molecule has 0 bridgehead atoms. The Bertz CT molecular complexity index is 456. The number of thiol groups is 1. The molecule has 0 spiro atoms. The number of H-pyrrole nitrogens is 1. The first kappa shape index (κ1) is 12.9. The minimum atomic E-state index is -0.613. The van der Waals surface area contributed by atoms with E-state index in [9.17, 15) is 9.59 Å². The Kier molecular flexibility index (Phi) is 4.70. The molecule has 0 saturated heterocycles. The van der Waals surface area contributed by atoms with Crippen molar-refractivity contribution >= 4 is 36.5 Å². The number of hydrogen-bond acceptors (Lipinski definition) is 4. The summed E-state index contributed by atoms with van der Waals surface area (Å²) >= 11 is 8.95. The van der Waals surface area contributed by atoms with Crippen molar-refractivity contribution in [2.75, 3.05) is 5.75 Å². The van der Waals surface area contributed by atoms with Gasteiger partial charge < -0.3 is 10.3 Å². The molecule has 16 heavy (non-hydrogen) atoms. The van der Waals surface area contributed by atoms with Gasteiger partial charge in [-0.1, -0.05) is 12.2 Å². The number of rotatable bonds is 4. The van der Waals surface area contributed by atoms with Crippen LogP contribution in [0.3, 0.4) is 0 Å². The van der Waals surface area contributed by atoms with Gasteiger partial charge in [-0.15, -0.1) is 0 Å². The van der Waals surface area contributed by atoms with Gasteiger partial charge in [0.15, 0.2) is 5.78 Å². The largest absolute Gasteiger partial charge is 0.353 e. The van der Waals surface area contributed by atoms with Crippen LogP contribution in [0.25, 0.3) is 0 Å². The topological polar surface area (TPSA) is 62.0 Å². The molecule has 1 amide bonds. The Morgan fingerprint density at radius 3 is 2.81 bits per heavy atom. The smallest absolute Gasteiger partial charge is 0.217 e. The normalized spacial score (nSPS) is 11.9. The van der Waals surface area contributed by atoms with E-state index in [2.05, 4.69) is 22.9 Å². The Morgan fingerprint density at radius 2 is 2.31 bits per heavy atom. The predicted molar refractivity (Wildman–Crippen MR) is 67.4 cm³/mol. The van der Waals surface area contributed by atoms with Crippen LogP contribution in [0.2, 0.25) is 0 Å². The van der Waals surface area contributed by atoms with Gasteiger partial charge in [-0.25, -0.2) is 0 Å². The quantitative estimate of drug-likeness (QED) is 0.433. The highest BCUT2D eigenvalue weighted by atomic mass is 32.1. The first-order valence-electron chi connectivity index (χ1n) is 4.65. The van der Waals surface area contributed by atoms with Crippen molar-refractivity contribution in [2.45, 2.75) is 13.0 Å². The monoisotopic (exact) mass is 256 g/mol. The second-order valence-electron chi connectivity index (χ2n) is 3.24. The molecule has 1 aromatic rings. The van der Waals surface area contributed by atoms with Crippen LogP contribution in [0.15, 0.2) is 18.3 Å². The molecule has 1 heterocycles. The van der Waals surface area contributed by atoms with Gasteiger partial charge in [-0.3, -0.25) is 9.59 Å². The minimum absolute atomic E-state index is 0.190. The highest BCUT2D eigenvalue weighted by molar-refractivity contribution is 7.80. The third kappa shape index (κ3) is 3.46. The molecule has 1 aromatic heterocycles. The zero-order chi connectivity index (χ0) is 12.1. The van der Waals surface area contributed by atoms with Crippen molar-refractivity contribution in [3.8, 4) is 0 Å². The summed E-state index contributed by atoms with van der Waals surface area (Å²) in [6.07, 6.45) is 1.60. The van der Waals surface area contributed by atoms with Crippen LogP contribution in [0.4, 0.5) is 0 Å². The number of hydrogen-bond donors (Lipinski definition) is 3. The first-order valence-corrected chi connectivity index (χ1v) is 5.69. The fourth-order valence-electron chi connectivity index (χ4n) is 1.24. The molecule has 0 unspecified atom stereocenters. The molecular weight excluding hydrogens is 244 g/mol. The summed E-state index contributed by atoms with van der Waals surface area (Å²) in [7, 11) is 0. The summed E-state index contributed by atoms with van der Waals surface area (Å²) in [5, 5.41) is 2.54. The lowest BCUT2D eigenvalue weighted by Crippen LogP contribution is -2.41. The van der Waals surface area contributed by atoms with E-state index >= 15 is 0 Å². The van der Waals surface area contributed by atoms with E-state index in [0.29, 0.717) is 10.2 Å². The van der Waals surface area contributed by atoms with Crippen molar-refractivity contribution < 1.29 is 9.59 Å². The van der Waals surface area contributed by atoms with Crippen LogP contribution in [0.5, 0.6) is 0 Å². The number of amides is 1. The second kappa shape index (κ2) is 5.81. The van der Waals surface area contributed by atoms with E-state index in [-0.39, 0.29) is 17.4 Å². The van der Waals surface area contributed by atoms with Crippen molar-refractivity contribution in [1.29, 1.82) is 0 Å². The Balaban J connectivity index is 2.91. The summed E-state index contributed by atoms with van der Waals surface area (Å²) in [4.78, 5) is 25.6. The summed E-state index contributed by atoms with van der Waals surface area (Å²) in [6, 6.07) is 2.57. The number of nitrogens with one attached hydrogen (secondary N) is 2. The van der Waals surface area contributed by atoms with E-state index in [1.54, 1.807) is 18.3 Å². The lowest BCUT2D eigenvalue weighted by molar-refractivity contribution is -0.119. The Hall–Kier alpha value is -1.14. The van der Waals surface area contributed by atoms with Gasteiger partial charge in [0.05, 0.1) is 0 Å². The van der Waals surface area contributed by atoms with Crippen LogP contribution < -0.4 is 5.32 Å². The number of carbonyl (C=O) groups excluding carboxylic acids is 2. The second-order valence-corrected chi connectivity index (χ2v) is 4.05. The number of carbonyl (C=O) groups is 2. The molecule has 0 aliphatic rings. The molecule has 1 rings (SSSR count). The molecule has 0 radical (unpaired) electrons. The third-order valence-corrected chi connectivity index (χ3v) is 2.54. The highest BCUT2D eigenvalue weighted by Crippen LogP contribution is 2.04. The molecule has 86 valence electrons.